The van der Waals surface area contributed by atoms with Gasteiger partial charge in [-0.2, -0.15) is 0 Å². The minimum absolute atomic E-state index is 0.524. The highest BCUT2D eigenvalue weighted by Crippen LogP contribution is 2.44. The first-order valence-corrected chi connectivity index (χ1v) is 9.14. The molecule has 3 aliphatic rings. The van der Waals surface area contributed by atoms with Crippen LogP contribution in [0.25, 0.3) is 0 Å². The van der Waals surface area contributed by atoms with E-state index in [1.54, 1.807) is 7.11 Å². The average molecular weight is 294 g/mol. The Bertz CT molecular complexity index is 335. The first-order valence-electron chi connectivity index (χ1n) is 9.14. The average Bonchev–Trinajstić information content (AvgIpc) is 3.06. The summed E-state index contributed by atoms with van der Waals surface area (Å²) in [5.41, 5.74) is 0.524. The highest BCUT2D eigenvalue weighted by atomic mass is 16.5. The highest BCUT2D eigenvalue weighted by Gasteiger charge is 2.43. The zero-order chi connectivity index (χ0) is 14.7. The third kappa shape index (κ3) is 3.80. The summed E-state index contributed by atoms with van der Waals surface area (Å²) in [6, 6.07) is 0.920. The monoisotopic (exact) mass is 294 g/mol. The summed E-state index contributed by atoms with van der Waals surface area (Å²) in [6.45, 7) is 8.21. The summed E-state index contributed by atoms with van der Waals surface area (Å²) in [4.78, 5) is 2.85. The molecule has 0 radical (unpaired) electrons. The maximum absolute atomic E-state index is 5.19. The number of hydrogen-bond donors (Lipinski definition) is 1. The molecule has 4 atom stereocenters. The zero-order valence-corrected chi connectivity index (χ0v) is 14.1. The van der Waals surface area contributed by atoms with Gasteiger partial charge >= 0.3 is 0 Å². The Hall–Kier alpha value is -0.120. The normalized spacial score (nSPS) is 40.0. The van der Waals surface area contributed by atoms with Crippen LogP contribution in [0.2, 0.25) is 0 Å². The Morgan fingerprint density at radius 2 is 2.19 bits per heavy atom. The molecule has 0 aromatic carbocycles. The summed E-state index contributed by atoms with van der Waals surface area (Å²) < 4.78 is 5.19. The van der Waals surface area contributed by atoms with Crippen LogP contribution in [-0.2, 0) is 4.74 Å². The number of piperidine rings is 1. The van der Waals surface area contributed by atoms with Crippen molar-refractivity contribution in [3.8, 4) is 0 Å². The lowest BCUT2D eigenvalue weighted by Gasteiger charge is -2.44. The molecule has 122 valence electrons. The molecule has 2 bridgehead atoms. The summed E-state index contributed by atoms with van der Waals surface area (Å²) in [7, 11) is 1.79. The molecular formula is C18H34N2O. The van der Waals surface area contributed by atoms with Crippen LogP contribution >= 0.6 is 0 Å². The van der Waals surface area contributed by atoms with Gasteiger partial charge in [0.25, 0.3) is 0 Å². The minimum atomic E-state index is 0.524. The standard InChI is InChI=1S/C18H34N2O/c1-15-4-3-7-18(11-15,13-19-8-9-21-2)14-20-12-16-5-6-17(20)10-16/h15-17,19H,3-14H2,1-2H3. The number of methoxy groups -OCH3 is 1. The quantitative estimate of drug-likeness (QED) is 0.731. The Morgan fingerprint density at radius 1 is 1.29 bits per heavy atom. The number of fused-ring (bicyclic) bond motifs is 2. The van der Waals surface area contributed by atoms with Crippen molar-refractivity contribution in [2.45, 2.75) is 57.9 Å². The smallest absolute Gasteiger partial charge is 0.0587 e. The van der Waals surface area contributed by atoms with Crippen molar-refractivity contribution in [3.63, 3.8) is 0 Å². The molecule has 21 heavy (non-hydrogen) atoms. The lowest BCUT2D eigenvalue weighted by Crippen LogP contribution is -2.49. The van der Waals surface area contributed by atoms with Crippen LogP contribution in [-0.4, -0.2) is 50.8 Å². The van der Waals surface area contributed by atoms with Gasteiger partial charge in [-0.15, -0.1) is 0 Å². The van der Waals surface area contributed by atoms with Crippen molar-refractivity contribution in [1.29, 1.82) is 0 Å². The number of hydrogen-bond acceptors (Lipinski definition) is 3. The molecule has 4 unspecified atom stereocenters. The summed E-state index contributed by atoms with van der Waals surface area (Å²) in [5, 5.41) is 3.68. The molecular weight excluding hydrogens is 260 g/mol. The molecule has 0 spiro atoms. The Balaban J connectivity index is 1.58. The molecule has 3 fully saturated rings. The van der Waals surface area contributed by atoms with E-state index in [2.05, 4.69) is 17.1 Å². The molecule has 0 aromatic rings. The van der Waals surface area contributed by atoms with E-state index in [0.717, 1.165) is 31.0 Å². The zero-order valence-electron chi connectivity index (χ0n) is 14.1. The first kappa shape index (κ1) is 15.8. The second-order valence-corrected chi connectivity index (χ2v) is 8.13. The van der Waals surface area contributed by atoms with Crippen molar-refractivity contribution in [2.75, 3.05) is 39.9 Å². The summed E-state index contributed by atoms with van der Waals surface area (Å²) in [6.07, 6.45) is 10.2. The van der Waals surface area contributed by atoms with Gasteiger partial charge in [-0.1, -0.05) is 19.8 Å². The van der Waals surface area contributed by atoms with Crippen LogP contribution in [0.4, 0.5) is 0 Å². The summed E-state index contributed by atoms with van der Waals surface area (Å²) >= 11 is 0. The van der Waals surface area contributed by atoms with Gasteiger partial charge in [0.1, 0.15) is 0 Å². The van der Waals surface area contributed by atoms with Gasteiger partial charge in [0.2, 0.25) is 0 Å². The second-order valence-electron chi connectivity index (χ2n) is 8.13. The predicted octanol–water partition coefficient (Wildman–Crippen LogP) is 2.90. The van der Waals surface area contributed by atoms with Crippen LogP contribution in [0.3, 0.4) is 0 Å². The molecule has 3 rings (SSSR count). The van der Waals surface area contributed by atoms with Gasteiger partial charge in [-0.3, -0.25) is 4.90 Å². The minimum Gasteiger partial charge on any atom is -0.383 e. The van der Waals surface area contributed by atoms with Crippen LogP contribution < -0.4 is 5.32 Å². The van der Waals surface area contributed by atoms with Gasteiger partial charge in [0.05, 0.1) is 6.61 Å². The number of likely N-dealkylation sites (tertiary alicyclic amines) is 1. The lowest BCUT2D eigenvalue weighted by atomic mass is 9.69. The van der Waals surface area contributed by atoms with Crippen LogP contribution in [0, 0.1) is 17.3 Å². The molecule has 1 heterocycles. The topological polar surface area (TPSA) is 24.5 Å². The number of nitrogens with zero attached hydrogens (tertiary/aromatic N) is 1. The fourth-order valence-corrected chi connectivity index (χ4v) is 5.31. The largest absolute Gasteiger partial charge is 0.383 e. The number of nitrogens with one attached hydrogen (secondary N) is 1. The fourth-order valence-electron chi connectivity index (χ4n) is 5.31. The molecule has 1 aliphatic heterocycles. The molecule has 1 N–H and O–H groups in total. The third-order valence-electron chi connectivity index (χ3n) is 6.23. The Labute approximate surface area is 130 Å². The van der Waals surface area contributed by atoms with E-state index >= 15 is 0 Å². The molecule has 3 heteroatoms. The SMILES string of the molecule is COCCNCC1(CN2CC3CCC2C3)CCCC(C)C1. The highest BCUT2D eigenvalue weighted by molar-refractivity contribution is 4.97. The van der Waals surface area contributed by atoms with Crippen molar-refractivity contribution < 1.29 is 4.74 Å². The molecule has 3 nitrogen and oxygen atoms in total. The van der Waals surface area contributed by atoms with E-state index in [1.807, 2.05) is 0 Å². The van der Waals surface area contributed by atoms with Crippen molar-refractivity contribution in [3.05, 3.63) is 0 Å². The van der Waals surface area contributed by atoms with E-state index in [0.29, 0.717) is 5.41 Å². The van der Waals surface area contributed by atoms with E-state index in [1.165, 1.54) is 64.6 Å². The maximum atomic E-state index is 5.19. The fraction of sp³-hybridized carbons (Fsp3) is 1.00. The maximum Gasteiger partial charge on any atom is 0.0587 e. The van der Waals surface area contributed by atoms with Crippen LogP contribution in [0.5, 0.6) is 0 Å². The number of rotatable bonds is 7. The first-order chi connectivity index (χ1) is 10.2. The summed E-state index contributed by atoms with van der Waals surface area (Å²) in [5.74, 6) is 1.93. The third-order valence-corrected chi connectivity index (χ3v) is 6.23. The molecule has 2 aliphatic carbocycles. The van der Waals surface area contributed by atoms with E-state index in [9.17, 15) is 0 Å². The second kappa shape index (κ2) is 6.97. The van der Waals surface area contributed by atoms with Gasteiger partial charge in [0.15, 0.2) is 0 Å². The molecule has 1 saturated heterocycles. The Morgan fingerprint density at radius 3 is 2.86 bits per heavy atom. The van der Waals surface area contributed by atoms with Gasteiger partial charge in [0, 0.05) is 39.3 Å². The molecule has 0 amide bonds. The number of ether oxygens (including phenoxy) is 1. The Kier molecular flexibility index (Phi) is 5.23. The van der Waals surface area contributed by atoms with E-state index < -0.39 is 0 Å². The van der Waals surface area contributed by atoms with Gasteiger partial charge in [-0.25, -0.2) is 0 Å². The molecule has 0 aromatic heterocycles. The van der Waals surface area contributed by atoms with Crippen LogP contribution in [0.1, 0.15) is 51.9 Å². The van der Waals surface area contributed by atoms with Crippen molar-refractivity contribution in [2.24, 2.45) is 17.3 Å². The van der Waals surface area contributed by atoms with Crippen LogP contribution in [0.15, 0.2) is 0 Å². The molecule has 2 saturated carbocycles. The van der Waals surface area contributed by atoms with Crippen molar-refractivity contribution in [1.82, 2.24) is 10.2 Å². The lowest BCUT2D eigenvalue weighted by molar-refractivity contribution is 0.0627. The van der Waals surface area contributed by atoms with E-state index in [-0.39, 0.29) is 0 Å². The van der Waals surface area contributed by atoms with Gasteiger partial charge in [-0.05, 0) is 49.4 Å². The van der Waals surface area contributed by atoms with Gasteiger partial charge < -0.3 is 10.1 Å². The predicted molar refractivity (Wildman–Crippen MR) is 87.5 cm³/mol. The van der Waals surface area contributed by atoms with Crippen molar-refractivity contribution >= 4 is 0 Å². The van der Waals surface area contributed by atoms with E-state index in [4.69, 9.17) is 4.74 Å².